The zero-order valence-corrected chi connectivity index (χ0v) is 13.8. The Hall–Kier alpha value is -1.67. The van der Waals surface area contributed by atoms with Crippen LogP contribution in [-0.4, -0.2) is 30.0 Å². The van der Waals surface area contributed by atoms with Crippen LogP contribution in [0.25, 0.3) is 0 Å². The first-order chi connectivity index (χ1) is 10.6. The molecule has 1 aliphatic heterocycles. The average Bonchev–Trinajstić information content (AvgIpc) is 2.84. The first kappa shape index (κ1) is 17.7. The Bertz CT molecular complexity index is 572. The molecule has 0 bridgehead atoms. The lowest BCUT2D eigenvalue weighted by atomic mass is 10.0. The average molecular weight is 324 g/mol. The van der Waals surface area contributed by atoms with E-state index in [1.54, 1.807) is 39.8 Å². The second kappa shape index (κ2) is 6.45. The van der Waals surface area contributed by atoms with Gasteiger partial charge in [-0.05, 0) is 39.3 Å². The molecule has 1 saturated heterocycles. The topological polar surface area (TPSA) is 91.3 Å². The quantitative estimate of drug-likeness (QED) is 0.672. The normalized spacial score (nSPS) is 17.1. The number of ether oxygens (including phenoxy) is 3. The van der Waals surface area contributed by atoms with E-state index in [1.165, 1.54) is 6.07 Å². The number of hydrogen-bond donors (Lipinski definition) is 1. The third kappa shape index (κ3) is 4.42. The molecule has 1 aliphatic rings. The van der Waals surface area contributed by atoms with Crippen LogP contribution in [0.2, 0.25) is 0 Å². The summed E-state index contributed by atoms with van der Waals surface area (Å²) in [5.74, 6) is -1.44. The summed E-state index contributed by atoms with van der Waals surface area (Å²) in [6, 6.07) is 4.75. The third-order valence-electron chi connectivity index (χ3n) is 3.41. The zero-order chi connectivity index (χ0) is 17.3. The molecule has 7 heteroatoms. The van der Waals surface area contributed by atoms with Gasteiger partial charge in [-0.3, -0.25) is 10.0 Å². The molecule has 0 radical (unpaired) electrons. The number of hydrogen-bond acceptors (Lipinski definition) is 7. The molecule has 23 heavy (non-hydrogen) atoms. The summed E-state index contributed by atoms with van der Waals surface area (Å²) in [4.78, 5) is 11.9. The van der Waals surface area contributed by atoms with Gasteiger partial charge in [-0.1, -0.05) is 12.1 Å². The second-order valence-corrected chi connectivity index (χ2v) is 6.52. The molecule has 0 atom stereocenters. The maximum absolute atomic E-state index is 11.9. The summed E-state index contributed by atoms with van der Waals surface area (Å²) in [7, 11) is 0. The molecule has 1 fully saturated rings. The van der Waals surface area contributed by atoms with Gasteiger partial charge in [-0.15, -0.1) is 0 Å². The molecule has 0 unspecified atom stereocenters. The molecule has 0 aromatic heterocycles. The van der Waals surface area contributed by atoms with Crippen LogP contribution in [0.1, 0.15) is 38.8 Å². The highest BCUT2D eigenvalue weighted by atomic mass is 16.8. The number of carbonyl (C=O) groups is 1. The summed E-state index contributed by atoms with van der Waals surface area (Å²) in [5.41, 5.74) is 0.302. The van der Waals surface area contributed by atoms with E-state index in [0.717, 1.165) is 0 Å². The smallest absolute Gasteiger partial charge is 0.310 e. The van der Waals surface area contributed by atoms with Gasteiger partial charge in [0.2, 0.25) is 0 Å². The molecule has 0 amide bonds. The molecule has 0 saturated carbocycles. The van der Waals surface area contributed by atoms with Crippen LogP contribution in [0.5, 0.6) is 0 Å². The van der Waals surface area contributed by atoms with Crippen LogP contribution >= 0.6 is 0 Å². The fraction of sp³-hybridized carbons (Fsp3) is 0.562. The standard InChI is InChI=1S/C16H22NO6/c1-15(2,3)23-14(18)9-11-5-6-12(10-13(11)17(19)20)16(4)21-7-8-22-16/h5-6,10,19H,7-9H2,1-4H3/q-1. The highest BCUT2D eigenvalue weighted by molar-refractivity contribution is 5.76. The van der Waals surface area contributed by atoms with E-state index >= 15 is 0 Å². The van der Waals surface area contributed by atoms with Crippen LogP contribution in [-0.2, 0) is 31.2 Å². The van der Waals surface area contributed by atoms with Gasteiger partial charge < -0.3 is 24.6 Å². The molecule has 7 nitrogen and oxygen atoms in total. The van der Waals surface area contributed by atoms with Gasteiger partial charge in [-0.25, -0.2) is 0 Å². The Labute approximate surface area is 135 Å². The molecule has 0 aliphatic carbocycles. The van der Waals surface area contributed by atoms with Crippen LogP contribution in [0, 0.1) is 5.21 Å². The summed E-state index contributed by atoms with van der Waals surface area (Å²) in [6.07, 6.45) is -0.120. The molecule has 1 aromatic rings. The van der Waals surface area contributed by atoms with Gasteiger partial charge in [0.15, 0.2) is 5.79 Å². The van der Waals surface area contributed by atoms with Gasteiger partial charge in [0.25, 0.3) is 0 Å². The molecular weight excluding hydrogens is 302 g/mol. The number of anilines is 1. The van der Waals surface area contributed by atoms with E-state index in [9.17, 15) is 15.2 Å². The predicted molar refractivity (Wildman–Crippen MR) is 82.9 cm³/mol. The van der Waals surface area contributed by atoms with Gasteiger partial charge in [0, 0.05) is 5.56 Å². The molecule has 1 heterocycles. The van der Waals surface area contributed by atoms with Gasteiger partial charge in [0.1, 0.15) is 5.60 Å². The highest BCUT2D eigenvalue weighted by Gasteiger charge is 2.33. The predicted octanol–water partition coefficient (Wildman–Crippen LogP) is 2.48. The van der Waals surface area contributed by atoms with Crippen LogP contribution < -0.4 is 5.23 Å². The minimum atomic E-state index is -0.963. The zero-order valence-electron chi connectivity index (χ0n) is 13.8. The van der Waals surface area contributed by atoms with Crippen LogP contribution in [0.3, 0.4) is 0 Å². The Morgan fingerprint density at radius 2 is 2.00 bits per heavy atom. The molecule has 128 valence electrons. The summed E-state index contributed by atoms with van der Waals surface area (Å²) in [6.45, 7) is 7.92. The number of nitrogens with zero attached hydrogens (tertiary/aromatic N) is 1. The molecule has 1 aromatic carbocycles. The first-order valence-corrected chi connectivity index (χ1v) is 7.40. The second-order valence-electron chi connectivity index (χ2n) is 6.52. The van der Waals surface area contributed by atoms with E-state index in [0.29, 0.717) is 24.3 Å². The van der Waals surface area contributed by atoms with Crippen LogP contribution in [0.15, 0.2) is 18.2 Å². The van der Waals surface area contributed by atoms with Crippen molar-refractivity contribution in [2.45, 2.75) is 45.5 Å². The Morgan fingerprint density at radius 3 is 2.52 bits per heavy atom. The highest BCUT2D eigenvalue weighted by Crippen LogP contribution is 2.34. The molecule has 1 N–H and O–H groups in total. The number of benzene rings is 1. The van der Waals surface area contributed by atoms with Crippen molar-refractivity contribution in [2.75, 3.05) is 18.4 Å². The Kier molecular flexibility index (Phi) is 4.95. The van der Waals surface area contributed by atoms with E-state index in [4.69, 9.17) is 14.2 Å². The van der Waals surface area contributed by atoms with Crippen molar-refractivity contribution in [3.05, 3.63) is 34.5 Å². The molecule has 2 rings (SSSR count). The maximum Gasteiger partial charge on any atom is 0.310 e. The van der Waals surface area contributed by atoms with Gasteiger partial charge in [-0.2, -0.15) is 0 Å². The molecule has 0 spiro atoms. The fourth-order valence-corrected chi connectivity index (χ4v) is 2.39. The van der Waals surface area contributed by atoms with Crippen molar-refractivity contribution in [3.8, 4) is 0 Å². The fourth-order valence-electron chi connectivity index (χ4n) is 2.39. The molecular formula is C16H22NO6-. The Balaban J connectivity index is 2.25. The van der Waals surface area contributed by atoms with Crippen molar-refractivity contribution in [1.29, 1.82) is 0 Å². The van der Waals surface area contributed by atoms with Gasteiger partial charge >= 0.3 is 5.97 Å². The summed E-state index contributed by atoms with van der Waals surface area (Å²) < 4.78 is 16.3. The van der Waals surface area contributed by atoms with E-state index in [-0.39, 0.29) is 17.3 Å². The summed E-state index contributed by atoms with van der Waals surface area (Å²) in [5, 5.41) is 20.5. The SMILES string of the molecule is CC(C)(C)OC(=O)Cc1ccc(C2(C)OCCO2)cc1N([O-])O. The largest absolute Gasteiger partial charge is 0.733 e. The first-order valence-electron chi connectivity index (χ1n) is 7.40. The van der Waals surface area contributed by atoms with Crippen molar-refractivity contribution >= 4 is 11.7 Å². The van der Waals surface area contributed by atoms with E-state index in [1.807, 2.05) is 0 Å². The van der Waals surface area contributed by atoms with Crippen molar-refractivity contribution in [2.24, 2.45) is 0 Å². The van der Waals surface area contributed by atoms with Crippen molar-refractivity contribution < 1.29 is 24.2 Å². The summed E-state index contributed by atoms with van der Waals surface area (Å²) >= 11 is 0. The van der Waals surface area contributed by atoms with Crippen LogP contribution in [0.4, 0.5) is 5.69 Å². The van der Waals surface area contributed by atoms with E-state index in [2.05, 4.69) is 0 Å². The maximum atomic E-state index is 11.9. The van der Waals surface area contributed by atoms with E-state index < -0.39 is 17.4 Å². The minimum Gasteiger partial charge on any atom is -0.733 e. The van der Waals surface area contributed by atoms with Gasteiger partial charge in [0.05, 0.1) is 25.3 Å². The lowest BCUT2D eigenvalue weighted by molar-refractivity contribution is -0.153. The monoisotopic (exact) mass is 324 g/mol. The van der Waals surface area contributed by atoms with Crippen molar-refractivity contribution in [3.63, 3.8) is 0 Å². The third-order valence-corrected chi connectivity index (χ3v) is 3.41. The lowest BCUT2D eigenvalue weighted by Crippen LogP contribution is -2.26. The minimum absolute atomic E-state index is 0.0336. The van der Waals surface area contributed by atoms with Crippen molar-refractivity contribution in [1.82, 2.24) is 0 Å². The Morgan fingerprint density at radius 1 is 1.39 bits per heavy atom. The lowest BCUT2D eigenvalue weighted by Gasteiger charge is -2.29. The number of esters is 1. The number of carbonyl (C=O) groups excluding carboxylic acids is 1. The number of rotatable bonds is 4.